The van der Waals surface area contributed by atoms with Gasteiger partial charge in [0.2, 0.25) is 0 Å². The predicted molar refractivity (Wildman–Crippen MR) is 89.4 cm³/mol. The monoisotopic (exact) mass is 362 g/mol. The van der Waals surface area contributed by atoms with Gasteiger partial charge in [0.1, 0.15) is 0 Å². The fraction of sp³-hybridized carbons (Fsp3) is 0.375. The molecule has 0 bridgehead atoms. The second-order valence-electron chi connectivity index (χ2n) is 5.54. The Bertz CT molecular complexity index is 677. The first-order valence-corrected chi connectivity index (χ1v) is 8.26. The molecule has 1 fully saturated rings. The topological polar surface area (TPSA) is 59.0 Å². The van der Waals surface area contributed by atoms with Crippen molar-refractivity contribution in [2.75, 3.05) is 13.1 Å². The molecule has 0 saturated carbocycles. The Hall–Kier alpha value is -1.66. The molecule has 3 rings (SSSR count). The minimum atomic E-state index is -0.0625. The van der Waals surface area contributed by atoms with Crippen LogP contribution in [0.1, 0.15) is 28.9 Å². The van der Waals surface area contributed by atoms with Crippen LogP contribution in [-0.2, 0) is 0 Å². The lowest BCUT2D eigenvalue weighted by atomic mass is 10.2. The number of hydrogen-bond donors (Lipinski definition) is 2. The van der Waals surface area contributed by atoms with E-state index in [1.165, 1.54) is 6.42 Å². The summed E-state index contributed by atoms with van der Waals surface area (Å²) in [5.74, 6) is -0.0625. The van der Waals surface area contributed by atoms with Crippen LogP contribution in [0.4, 0.5) is 0 Å². The summed E-state index contributed by atoms with van der Waals surface area (Å²) >= 11 is 3.45. The van der Waals surface area contributed by atoms with Crippen LogP contribution >= 0.6 is 15.9 Å². The maximum absolute atomic E-state index is 12.3. The molecule has 5 nitrogen and oxygen atoms in total. The van der Waals surface area contributed by atoms with Gasteiger partial charge < -0.3 is 10.6 Å². The predicted octanol–water partition coefficient (Wildman–Crippen LogP) is 2.43. The number of hydrogen-bond acceptors (Lipinski definition) is 3. The minimum Gasteiger partial charge on any atom is -0.350 e. The number of carbonyl (C=O) groups excluding carboxylic acids is 1. The van der Waals surface area contributed by atoms with Gasteiger partial charge in [-0.15, -0.1) is 0 Å². The lowest BCUT2D eigenvalue weighted by Gasteiger charge is -2.11. The van der Waals surface area contributed by atoms with Crippen LogP contribution in [0.25, 0.3) is 5.69 Å². The molecule has 116 valence electrons. The number of benzene rings is 1. The van der Waals surface area contributed by atoms with Crippen LogP contribution < -0.4 is 10.6 Å². The highest BCUT2D eigenvalue weighted by Crippen LogP contribution is 2.18. The summed E-state index contributed by atoms with van der Waals surface area (Å²) in [6.07, 6.45) is 3.94. The summed E-state index contributed by atoms with van der Waals surface area (Å²) < 4.78 is 2.77. The number of halogens is 1. The molecule has 22 heavy (non-hydrogen) atoms. The van der Waals surface area contributed by atoms with Crippen molar-refractivity contribution in [3.63, 3.8) is 0 Å². The molecule has 1 saturated heterocycles. The van der Waals surface area contributed by atoms with E-state index in [0.29, 0.717) is 18.2 Å². The fourth-order valence-electron chi connectivity index (χ4n) is 2.74. The number of amides is 1. The number of carbonyl (C=O) groups is 1. The summed E-state index contributed by atoms with van der Waals surface area (Å²) in [5.41, 5.74) is 2.40. The molecule has 0 aliphatic carbocycles. The minimum absolute atomic E-state index is 0.0625. The first-order valence-electron chi connectivity index (χ1n) is 7.47. The maximum Gasteiger partial charge on any atom is 0.254 e. The van der Waals surface area contributed by atoms with Crippen molar-refractivity contribution in [1.82, 2.24) is 20.4 Å². The fourth-order valence-corrected chi connectivity index (χ4v) is 3.13. The zero-order valence-corrected chi connectivity index (χ0v) is 14.1. The molecule has 1 unspecified atom stereocenters. The maximum atomic E-state index is 12.3. The highest BCUT2D eigenvalue weighted by Gasteiger charge is 2.18. The summed E-state index contributed by atoms with van der Waals surface area (Å²) in [6.45, 7) is 3.62. The molecule has 1 aromatic heterocycles. The van der Waals surface area contributed by atoms with Gasteiger partial charge >= 0.3 is 0 Å². The molecule has 1 aliphatic heterocycles. The standard InChI is InChI=1S/C16H19BrN4O/c1-11-15(16(22)19-9-13-5-3-7-18-13)10-20-21(11)14-6-2-4-12(17)8-14/h2,4,6,8,10,13,18H,3,5,7,9H2,1H3,(H,19,22). The number of nitrogens with one attached hydrogen (secondary N) is 2. The van der Waals surface area contributed by atoms with Crippen molar-refractivity contribution in [2.24, 2.45) is 0 Å². The van der Waals surface area contributed by atoms with E-state index in [2.05, 4.69) is 31.7 Å². The molecule has 1 aromatic carbocycles. The Balaban J connectivity index is 1.73. The van der Waals surface area contributed by atoms with Crippen molar-refractivity contribution < 1.29 is 4.79 Å². The zero-order chi connectivity index (χ0) is 15.5. The van der Waals surface area contributed by atoms with Crippen molar-refractivity contribution in [1.29, 1.82) is 0 Å². The summed E-state index contributed by atoms with van der Waals surface area (Å²) in [7, 11) is 0. The van der Waals surface area contributed by atoms with Gasteiger partial charge in [-0.2, -0.15) is 5.10 Å². The van der Waals surface area contributed by atoms with Crippen molar-refractivity contribution in [2.45, 2.75) is 25.8 Å². The van der Waals surface area contributed by atoms with Gasteiger partial charge in [-0.05, 0) is 44.5 Å². The molecular weight excluding hydrogens is 344 g/mol. The molecule has 6 heteroatoms. The first-order chi connectivity index (χ1) is 10.6. The highest BCUT2D eigenvalue weighted by molar-refractivity contribution is 9.10. The summed E-state index contributed by atoms with van der Waals surface area (Å²) in [5, 5.41) is 10.7. The second kappa shape index (κ2) is 6.62. The third-order valence-corrected chi connectivity index (χ3v) is 4.47. The molecule has 1 amide bonds. The lowest BCUT2D eigenvalue weighted by Crippen LogP contribution is -2.37. The highest BCUT2D eigenvalue weighted by atomic mass is 79.9. The average Bonchev–Trinajstić information content (AvgIpc) is 3.14. The average molecular weight is 363 g/mol. The van der Waals surface area contributed by atoms with Crippen molar-refractivity contribution >= 4 is 21.8 Å². The summed E-state index contributed by atoms with van der Waals surface area (Å²) in [4.78, 5) is 12.3. The quantitative estimate of drug-likeness (QED) is 0.877. The number of aromatic nitrogens is 2. The third-order valence-electron chi connectivity index (χ3n) is 3.98. The Morgan fingerprint density at radius 3 is 3.14 bits per heavy atom. The Kier molecular flexibility index (Phi) is 4.59. The Morgan fingerprint density at radius 2 is 2.41 bits per heavy atom. The molecule has 2 N–H and O–H groups in total. The molecule has 0 spiro atoms. The van der Waals surface area contributed by atoms with Gasteiger partial charge in [-0.1, -0.05) is 22.0 Å². The molecule has 1 atom stereocenters. The lowest BCUT2D eigenvalue weighted by molar-refractivity contribution is 0.0949. The zero-order valence-electron chi connectivity index (χ0n) is 12.5. The van der Waals surface area contributed by atoms with Crippen LogP contribution in [0, 0.1) is 6.92 Å². The van der Waals surface area contributed by atoms with E-state index in [0.717, 1.165) is 28.8 Å². The van der Waals surface area contributed by atoms with Gasteiger partial charge in [0.25, 0.3) is 5.91 Å². The molecular formula is C16H19BrN4O. The van der Waals surface area contributed by atoms with E-state index in [1.54, 1.807) is 10.9 Å². The van der Waals surface area contributed by atoms with E-state index in [9.17, 15) is 4.79 Å². The van der Waals surface area contributed by atoms with Crippen LogP contribution in [0.2, 0.25) is 0 Å². The summed E-state index contributed by atoms with van der Waals surface area (Å²) in [6, 6.07) is 8.25. The van der Waals surface area contributed by atoms with E-state index in [4.69, 9.17) is 0 Å². The molecule has 2 aromatic rings. The van der Waals surface area contributed by atoms with Crippen LogP contribution in [-0.4, -0.2) is 34.8 Å². The van der Waals surface area contributed by atoms with Crippen LogP contribution in [0.15, 0.2) is 34.9 Å². The van der Waals surface area contributed by atoms with Crippen LogP contribution in [0.3, 0.4) is 0 Å². The van der Waals surface area contributed by atoms with Gasteiger partial charge in [-0.25, -0.2) is 4.68 Å². The van der Waals surface area contributed by atoms with Crippen molar-refractivity contribution in [3.05, 3.63) is 46.2 Å². The smallest absolute Gasteiger partial charge is 0.254 e. The first kappa shape index (κ1) is 15.2. The third kappa shape index (κ3) is 3.23. The number of nitrogens with zero attached hydrogens (tertiary/aromatic N) is 2. The van der Waals surface area contributed by atoms with Gasteiger partial charge in [0.15, 0.2) is 0 Å². The van der Waals surface area contributed by atoms with Crippen LogP contribution in [0.5, 0.6) is 0 Å². The second-order valence-corrected chi connectivity index (χ2v) is 6.45. The number of rotatable bonds is 4. The Labute approximate surface area is 138 Å². The van der Waals surface area contributed by atoms with E-state index >= 15 is 0 Å². The van der Waals surface area contributed by atoms with E-state index in [-0.39, 0.29) is 5.91 Å². The largest absolute Gasteiger partial charge is 0.350 e. The van der Waals surface area contributed by atoms with Crippen molar-refractivity contribution in [3.8, 4) is 5.69 Å². The van der Waals surface area contributed by atoms with Gasteiger partial charge in [0.05, 0.1) is 23.1 Å². The van der Waals surface area contributed by atoms with E-state index < -0.39 is 0 Å². The molecule has 1 aliphatic rings. The Morgan fingerprint density at radius 1 is 1.55 bits per heavy atom. The molecule has 2 heterocycles. The van der Waals surface area contributed by atoms with Gasteiger partial charge in [0, 0.05) is 17.1 Å². The van der Waals surface area contributed by atoms with E-state index in [1.807, 2.05) is 31.2 Å². The molecule has 0 radical (unpaired) electrons. The normalized spacial score (nSPS) is 17.6. The SMILES string of the molecule is Cc1c(C(=O)NCC2CCCN2)cnn1-c1cccc(Br)c1. The van der Waals surface area contributed by atoms with Gasteiger partial charge in [-0.3, -0.25) is 4.79 Å².